The van der Waals surface area contributed by atoms with Crippen LogP contribution in [0, 0.1) is 0 Å². The molecule has 9 aromatic rings. The Morgan fingerprint density at radius 1 is 0.478 bits per heavy atom. The van der Waals surface area contributed by atoms with Crippen LogP contribution in [0.5, 0.6) is 5.75 Å². The van der Waals surface area contributed by atoms with E-state index in [0.29, 0.717) is 0 Å². The van der Waals surface area contributed by atoms with Gasteiger partial charge in [-0.25, -0.2) is 0 Å². The molecular weight excluding hydrogens is 837 g/mol. The molecule has 13 rings (SSSR count). The van der Waals surface area contributed by atoms with Crippen LogP contribution in [0.4, 0.5) is 0 Å². The molecule has 1 fully saturated rings. The van der Waals surface area contributed by atoms with Crippen LogP contribution in [0.25, 0.3) is 66.1 Å². The quantitative estimate of drug-likeness (QED) is 0.169. The van der Waals surface area contributed by atoms with Gasteiger partial charge in [0.15, 0.2) is 0 Å². The first-order valence-corrected chi connectivity index (χ1v) is 24.5. The van der Waals surface area contributed by atoms with Crippen molar-refractivity contribution in [1.29, 1.82) is 0 Å². The van der Waals surface area contributed by atoms with E-state index in [1.165, 1.54) is 55.6 Å². The summed E-state index contributed by atoms with van der Waals surface area (Å²) in [4.78, 5) is 12.1. The molecule has 4 nitrogen and oxygen atoms in total. The normalized spacial score (nSPS) is 20.0. The minimum atomic E-state index is -0.131. The monoisotopic (exact) mass is 886 g/mol. The summed E-state index contributed by atoms with van der Waals surface area (Å²) in [7, 11) is 1.74. The topological polar surface area (TPSA) is 54.2 Å². The SMILES string of the molecule is COc1ccccc1-c1ccc2c3c(c4ccc(-c5ccccc5CO)cc4c2c1)=NC1C(c2cccc4c2-c2ccccc2C4(C)C)SC(c2cccc4c2-c2ccccc2C4(C)C)C1N=3. The second-order valence-corrected chi connectivity index (χ2v) is 21.1. The zero-order valence-corrected chi connectivity index (χ0v) is 39.2. The fourth-order valence-corrected chi connectivity index (χ4v) is 14.2. The molecule has 5 heteroatoms. The van der Waals surface area contributed by atoms with Crippen molar-refractivity contribution in [3.63, 3.8) is 0 Å². The molecule has 2 heterocycles. The maximum Gasteiger partial charge on any atom is 0.126 e. The molecule has 0 aromatic heterocycles. The second kappa shape index (κ2) is 14.9. The van der Waals surface area contributed by atoms with Crippen molar-refractivity contribution in [3.8, 4) is 50.3 Å². The van der Waals surface area contributed by atoms with Gasteiger partial charge in [0.2, 0.25) is 0 Å². The summed E-state index contributed by atoms with van der Waals surface area (Å²) >= 11 is 2.07. The van der Waals surface area contributed by atoms with Gasteiger partial charge in [0.25, 0.3) is 0 Å². The molecule has 0 bridgehead atoms. The van der Waals surface area contributed by atoms with Crippen molar-refractivity contribution >= 4 is 33.3 Å². The molecule has 0 spiro atoms. The number of methoxy groups -OCH3 is 1. The van der Waals surface area contributed by atoms with E-state index < -0.39 is 0 Å². The van der Waals surface area contributed by atoms with Gasteiger partial charge in [0, 0.05) is 27.2 Å². The number of nitrogens with zero attached hydrogens (tertiary/aromatic N) is 2. The summed E-state index contributed by atoms with van der Waals surface area (Å²) in [5.74, 6) is 0.833. The number of hydrogen-bond acceptors (Lipinski definition) is 5. The van der Waals surface area contributed by atoms with Crippen molar-refractivity contribution in [2.45, 2.75) is 67.7 Å². The van der Waals surface area contributed by atoms with Crippen LogP contribution in [0.15, 0.2) is 180 Å². The maximum atomic E-state index is 10.5. The molecule has 4 unspecified atom stereocenters. The highest BCUT2D eigenvalue weighted by Gasteiger charge is 2.50. The van der Waals surface area contributed by atoms with Gasteiger partial charge in [-0.2, -0.15) is 0 Å². The lowest BCUT2D eigenvalue weighted by atomic mass is 9.81. The largest absolute Gasteiger partial charge is 0.496 e. The highest BCUT2D eigenvalue weighted by atomic mass is 32.2. The van der Waals surface area contributed by atoms with E-state index in [9.17, 15) is 5.11 Å². The number of fused-ring (bicyclic) bond motifs is 13. The predicted molar refractivity (Wildman–Crippen MR) is 276 cm³/mol. The maximum absolute atomic E-state index is 10.5. The van der Waals surface area contributed by atoms with Gasteiger partial charge in [-0.1, -0.05) is 179 Å². The van der Waals surface area contributed by atoms with Crippen molar-refractivity contribution < 1.29 is 9.84 Å². The molecular formula is C62H50N2O2S. The Hall–Kier alpha value is -6.79. The Morgan fingerprint density at radius 2 is 0.925 bits per heavy atom. The Morgan fingerprint density at radius 3 is 1.45 bits per heavy atom. The van der Waals surface area contributed by atoms with Crippen LogP contribution >= 0.6 is 11.8 Å². The number of hydrogen-bond donors (Lipinski definition) is 1. The van der Waals surface area contributed by atoms with Crippen LogP contribution in [0.1, 0.15) is 77.1 Å². The van der Waals surface area contributed by atoms with Crippen molar-refractivity contribution in [1.82, 2.24) is 0 Å². The molecule has 1 saturated heterocycles. The van der Waals surface area contributed by atoms with Crippen LogP contribution in [0.2, 0.25) is 0 Å². The Kier molecular flexibility index (Phi) is 8.98. The van der Waals surface area contributed by atoms with E-state index in [-0.39, 0.29) is 40.0 Å². The molecule has 4 aliphatic rings. The van der Waals surface area contributed by atoms with Gasteiger partial charge < -0.3 is 9.84 Å². The Labute approximate surface area is 395 Å². The Bertz CT molecular complexity index is 3460. The smallest absolute Gasteiger partial charge is 0.126 e. The summed E-state index contributed by atoms with van der Waals surface area (Å²) in [5.41, 5.74) is 18.5. The zero-order valence-electron chi connectivity index (χ0n) is 38.3. The molecule has 0 amide bonds. The molecule has 1 N–H and O–H groups in total. The molecule has 67 heavy (non-hydrogen) atoms. The van der Waals surface area contributed by atoms with Crippen LogP contribution in [0.3, 0.4) is 0 Å². The highest BCUT2D eigenvalue weighted by molar-refractivity contribution is 8.00. The van der Waals surface area contributed by atoms with Crippen LogP contribution in [-0.2, 0) is 17.4 Å². The van der Waals surface area contributed by atoms with E-state index in [2.05, 4.69) is 179 Å². The lowest BCUT2D eigenvalue weighted by molar-refractivity contribution is 0.282. The number of para-hydroxylation sites is 1. The third-order valence-electron chi connectivity index (χ3n) is 15.7. The summed E-state index contributed by atoms with van der Waals surface area (Å²) in [6.45, 7) is 9.47. The van der Waals surface area contributed by atoms with Gasteiger partial charge in [-0.05, 0) is 107 Å². The van der Waals surface area contributed by atoms with E-state index in [1.54, 1.807) is 7.11 Å². The highest BCUT2D eigenvalue weighted by Crippen LogP contribution is 2.62. The second-order valence-electron chi connectivity index (χ2n) is 19.8. The number of aliphatic hydroxyl groups excluding tert-OH is 1. The molecule has 2 aliphatic carbocycles. The Balaban J connectivity index is 1.10. The number of rotatable bonds is 6. The predicted octanol–water partition coefficient (Wildman–Crippen LogP) is 13.7. The van der Waals surface area contributed by atoms with E-state index in [0.717, 1.165) is 65.8 Å². The average molecular weight is 887 g/mol. The lowest BCUT2D eigenvalue weighted by Gasteiger charge is -2.26. The standard InChI is InChI=1S/C62H50N2O2S/c1-61(2)48-23-11-8-19-42(48)53-44(21-14-25-50(53)61)59-57-58(60(67-59)45-22-15-26-51-54(45)43-20-9-12-24-49(43)62(51,3)4)64-56-41-31-29-36(39-18-10-13-27-52(39)66-5)33-47(41)46-32-35(28-30-40(46)55(56)63-57)38-17-7-6-16-37(38)34-65/h6-33,57-60,65H,34H2,1-5H3. The third kappa shape index (κ3) is 5.77. The van der Waals surface area contributed by atoms with Gasteiger partial charge in [-0.15, -0.1) is 11.8 Å². The summed E-state index contributed by atoms with van der Waals surface area (Å²) < 4.78 is 5.91. The first kappa shape index (κ1) is 40.5. The van der Waals surface area contributed by atoms with Gasteiger partial charge >= 0.3 is 0 Å². The number of aliphatic hydroxyl groups is 1. The fraction of sp³-hybridized carbons (Fsp3) is 0.194. The molecule has 0 radical (unpaired) electrons. The first-order chi connectivity index (χ1) is 32.7. The number of thioether (sulfide) groups is 1. The number of ether oxygens (including phenoxy) is 1. The van der Waals surface area contributed by atoms with E-state index >= 15 is 0 Å². The summed E-state index contributed by atoms with van der Waals surface area (Å²) in [6.07, 6.45) is 0. The van der Waals surface area contributed by atoms with Gasteiger partial charge in [0.05, 0.1) is 47.0 Å². The molecule has 9 aromatic carbocycles. The lowest BCUT2D eigenvalue weighted by Crippen LogP contribution is -2.40. The van der Waals surface area contributed by atoms with Crippen molar-refractivity contribution in [2.24, 2.45) is 9.98 Å². The van der Waals surface area contributed by atoms with Crippen molar-refractivity contribution in [3.05, 3.63) is 220 Å². The van der Waals surface area contributed by atoms with Gasteiger partial charge in [-0.3, -0.25) is 9.98 Å². The van der Waals surface area contributed by atoms with Gasteiger partial charge in [0.1, 0.15) is 5.75 Å². The van der Waals surface area contributed by atoms with Crippen LogP contribution in [-0.4, -0.2) is 24.3 Å². The van der Waals surface area contributed by atoms with E-state index in [4.69, 9.17) is 14.7 Å². The fourth-order valence-electron chi connectivity index (χ4n) is 12.4. The summed E-state index contributed by atoms with van der Waals surface area (Å²) in [5, 5.41) is 16.9. The zero-order chi connectivity index (χ0) is 45.3. The molecule has 0 saturated carbocycles. The molecule has 2 aliphatic heterocycles. The average Bonchev–Trinajstić information content (AvgIpc) is 3.95. The van der Waals surface area contributed by atoms with Crippen molar-refractivity contribution in [2.75, 3.05) is 7.11 Å². The molecule has 4 atom stereocenters. The third-order valence-corrected chi connectivity index (χ3v) is 17.3. The van der Waals surface area contributed by atoms with Crippen LogP contribution < -0.4 is 15.5 Å². The minimum Gasteiger partial charge on any atom is -0.496 e. The number of benzene rings is 9. The van der Waals surface area contributed by atoms with E-state index in [1.807, 2.05) is 30.3 Å². The first-order valence-electron chi connectivity index (χ1n) is 23.6. The minimum absolute atomic E-state index is 0.0346. The molecule has 326 valence electrons. The summed E-state index contributed by atoms with van der Waals surface area (Å²) in [6, 6.07) is 61.8.